The largest absolute Gasteiger partial charge is 0.376 e. The minimum absolute atomic E-state index is 0.326. The van der Waals surface area contributed by atoms with Crippen LogP contribution in [0, 0.1) is 0 Å². The number of rotatable bonds is 7. The fourth-order valence-electron chi connectivity index (χ4n) is 3.53. The molecular formula is C22H32N4OS. The van der Waals surface area contributed by atoms with Gasteiger partial charge < -0.3 is 15.0 Å². The van der Waals surface area contributed by atoms with E-state index in [9.17, 15) is 0 Å². The van der Waals surface area contributed by atoms with E-state index < -0.39 is 0 Å². The maximum atomic E-state index is 5.64. The van der Waals surface area contributed by atoms with Gasteiger partial charge in [0.2, 0.25) is 0 Å². The van der Waals surface area contributed by atoms with E-state index in [-0.39, 0.29) is 0 Å². The van der Waals surface area contributed by atoms with Crippen LogP contribution in [-0.2, 0) is 24.2 Å². The summed E-state index contributed by atoms with van der Waals surface area (Å²) in [6, 6.07) is 13.1. The minimum atomic E-state index is 0.326. The normalized spacial score (nSPS) is 18.2. The zero-order valence-corrected chi connectivity index (χ0v) is 18.0. The lowest BCUT2D eigenvalue weighted by molar-refractivity contribution is -0.0212. The van der Waals surface area contributed by atoms with Gasteiger partial charge in [-0.25, -0.2) is 0 Å². The Hall–Kier alpha value is -1.89. The number of likely N-dealkylation sites (N-methyl/N-ethyl adjacent to an activating group) is 1. The average Bonchev–Trinajstić information content (AvgIpc) is 3.21. The molecule has 1 aliphatic rings. The molecule has 0 radical (unpaired) electrons. The number of nitrogens with zero attached hydrogens (tertiary/aromatic N) is 3. The number of hydrogen-bond donors (Lipinski definition) is 1. The topological polar surface area (TPSA) is 40.1 Å². The van der Waals surface area contributed by atoms with Gasteiger partial charge in [-0.15, -0.1) is 11.3 Å². The highest BCUT2D eigenvalue weighted by Crippen LogP contribution is 2.13. The molecule has 1 N–H and O–H groups in total. The van der Waals surface area contributed by atoms with Gasteiger partial charge in [0.15, 0.2) is 5.96 Å². The predicted octanol–water partition coefficient (Wildman–Crippen LogP) is 3.22. The lowest BCUT2D eigenvalue weighted by Crippen LogP contribution is -2.40. The molecule has 1 aromatic heterocycles. The zero-order chi connectivity index (χ0) is 19.8. The molecule has 0 amide bonds. The fourth-order valence-corrected chi connectivity index (χ4v) is 4.23. The summed E-state index contributed by atoms with van der Waals surface area (Å²) >= 11 is 1.81. The van der Waals surface area contributed by atoms with E-state index in [4.69, 9.17) is 4.74 Å². The van der Waals surface area contributed by atoms with Crippen LogP contribution < -0.4 is 5.32 Å². The van der Waals surface area contributed by atoms with Crippen LogP contribution in [0.25, 0.3) is 0 Å². The van der Waals surface area contributed by atoms with Crippen LogP contribution in [0.4, 0.5) is 0 Å². The van der Waals surface area contributed by atoms with E-state index in [1.165, 1.54) is 16.0 Å². The molecule has 1 atom stereocenters. The quantitative estimate of drug-likeness (QED) is 0.572. The molecule has 1 unspecified atom stereocenters. The summed E-state index contributed by atoms with van der Waals surface area (Å²) in [6.45, 7) is 7.71. The van der Waals surface area contributed by atoms with E-state index in [1.54, 1.807) is 0 Å². The van der Waals surface area contributed by atoms with Crippen LogP contribution in [0.15, 0.2) is 46.8 Å². The van der Waals surface area contributed by atoms with Gasteiger partial charge in [-0.2, -0.15) is 0 Å². The van der Waals surface area contributed by atoms with E-state index in [2.05, 4.69) is 75.9 Å². The minimum Gasteiger partial charge on any atom is -0.376 e. The van der Waals surface area contributed by atoms with Crippen molar-refractivity contribution in [1.82, 2.24) is 15.1 Å². The first-order valence-corrected chi connectivity index (χ1v) is 10.9. The molecule has 152 valence electrons. The second-order valence-corrected chi connectivity index (χ2v) is 8.42. The second kappa shape index (κ2) is 10.6. The van der Waals surface area contributed by atoms with E-state index in [1.807, 2.05) is 18.4 Å². The summed E-state index contributed by atoms with van der Waals surface area (Å²) in [4.78, 5) is 10.5. The molecule has 28 heavy (non-hydrogen) atoms. The van der Waals surface area contributed by atoms with Crippen molar-refractivity contribution in [2.24, 2.45) is 4.99 Å². The lowest BCUT2D eigenvalue weighted by atomic mass is 10.1. The van der Waals surface area contributed by atoms with Crippen molar-refractivity contribution >= 4 is 17.3 Å². The molecule has 0 spiro atoms. The highest BCUT2D eigenvalue weighted by molar-refractivity contribution is 7.09. The number of ether oxygens (including phenoxy) is 1. The van der Waals surface area contributed by atoms with Gasteiger partial charge in [-0.1, -0.05) is 30.3 Å². The van der Waals surface area contributed by atoms with Crippen molar-refractivity contribution in [3.05, 3.63) is 57.8 Å². The Balaban J connectivity index is 1.49. The number of hydrogen-bond acceptors (Lipinski definition) is 4. The Kier molecular flexibility index (Phi) is 7.89. The van der Waals surface area contributed by atoms with Gasteiger partial charge in [0.1, 0.15) is 0 Å². The van der Waals surface area contributed by atoms with Crippen LogP contribution in [0.3, 0.4) is 0 Å². The van der Waals surface area contributed by atoms with Gasteiger partial charge in [0.25, 0.3) is 0 Å². The number of morpholine rings is 1. The van der Waals surface area contributed by atoms with Gasteiger partial charge in [0, 0.05) is 51.7 Å². The maximum absolute atomic E-state index is 5.64. The molecule has 6 heteroatoms. The Labute approximate surface area is 173 Å². The van der Waals surface area contributed by atoms with Crippen molar-refractivity contribution in [2.45, 2.75) is 32.5 Å². The second-order valence-electron chi connectivity index (χ2n) is 7.39. The Morgan fingerprint density at radius 3 is 2.93 bits per heavy atom. The van der Waals surface area contributed by atoms with Crippen molar-refractivity contribution in [3.63, 3.8) is 0 Å². The lowest BCUT2D eigenvalue weighted by Gasteiger charge is -2.31. The van der Waals surface area contributed by atoms with Crippen LogP contribution in [0.1, 0.15) is 22.9 Å². The van der Waals surface area contributed by atoms with Gasteiger partial charge >= 0.3 is 0 Å². The first-order valence-electron chi connectivity index (χ1n) is 10.00. The molecule has 1 saturated heterocycles. The fraction of sp³-hybridized carbons (Fsp3) is 0.500. The monoisotopic (exact) mass is 400 g/mol. The number of benzene rings is 1. The molecule has 0 bridgehead atoms. The molecular weight excluding hydrogens is 368 g/mol. The van der Waals surface area contributed by atoms with Crippen molar-refractivity contribution in [1.29, 1.82) is 0 Å². The smallest absolute Gasteiger partial charge is 0.193 e. The van der Waals surface area contributed by atoms with Gasteiger partial charge in [-0.05, 0) is 35.9 Å². The Morgan fingerprint density at radius 1 is 1.32 bits per heavy atom. The van der Waals surface area contributed by atoms with Gasteiger partial charge in [-0.3, -0.25) is 9.89 Å². The maximum Gasteiger partial charge on any atom is 0.193 e. The first kappa shape index (κ1) is 20.8. The summed E-state index contributed by atoms with van der Waals surface area (Å²) in [6.07, 6.45) is 1.37. The first-order chi connectivity index (χ1) is 13.6. The summed E-state index contributed by atoms with van der Waals surface area (Å²) in [7, 11) is 3.94. The number of thiophene rings is 1. The molecule has 0 aliphatic carbocycles. The number of aliphatic imine (C=N–C) groups is 1. The Bertz CT molecular complexity index is 747. The van der Waals surface area contributed by atoms with Crippen LogP contribution in [0.5, 0.6) is 0 Å². The summed E-state index contributed by atoms with van der Waals surface area (Å²) in [5.74, 6) is 0.934. The molecule has 5 nitrogen and oxygen atoms in total. The highest BCUT2D eigenvalue weighted by Gasteiger charge is 2.16. The van der Waals surface area contributed by atoms with E-state index >= 15 is 0 Å². The summed E-state index contributed by atoms with van der Waals surface area (Å²) < 4.78 is 5.64. The van der Waals surface area contributed by atoms with Crippen LogP contribution >= 0.6 is 11.3 Å². The van der Waals surface area contributed by atoms with Crippen molar-refractivity contribution in [2.75, 3.05) is 40.3 Å². The van der Waals surface area contributed by atoms with Gasteiger partial charge in [0.05, 0.1) is 12.7 Å². The molecule has 1 aliphatic heterocycles. The third kappa shape index (κ3) is 6.33. The zero-order valence-electron chi connectivity index (χ0n) is 17.2. The van der Waals surface area contributed by atoms with Crippen molar-refractivity contribution in [3.8, 4) is 0 Å². The molecule has 2 aromatic rings. The third-order valence-corrected chi connectivity index (χ3v) is 5.96. The third-order valence-electron chi connectivity index (χ3n) is 5.02. The molecule has 1 fully saturated rings. The van der Waals surface area contributed by atoms with E-state index in [0.717, 1.165) is 51.7 Å². The number of nitrogens with one attached hydrogen (secondary N) is 1. The highest BCUT2D eigenvalue weighted by atomic mass is 32.1. The molecule has 2 heterocycles. The molecule has 1 aromatic carbocycles. The standard InChI is InChI=1S/C22H32N4OS/c1-18-16-26(11-12-27-18)17-20-7-4-6-19(14-20)15-24-22(23-2)25(3)10-9-21-8-5-13-28-21/h4-8,13-14,18H,9-12,15-17H2,1-3H3,(H,23,24). The SMILES string of the molecule is CN=C(NCc1cccc(CN2CCOC(C)C2)c1)N(C)CCc1cccs1. The molecule has 0 saturated carbocycles. The van der Waals surface area contributed by atoms with Crippen molar-refractivity contribution < 1.29 is 4.74 Å². The summed E-state index contributed by atoms with van der Waals surface area (Å²) in [5, 5.41) is 5.63. The average molecular weight is 401 g/mol. The Morgan fingerprint density at radius 2 is 2.18 bits per heavy atom. The van der Waals surface area contributed by atoms with Crippen LogP contribution in [0.2, 0.25) is 0 Å². The molecule has 3 rings (SSSR count). The predicted molar refractivity (Wildman–Crippen MR) is 118 cm³/mol. The van der Waals surface area contributed by atoms with Crippen LogP contribution in [-0.4, -0.2) is 62.2 Å². The number of guanidine groups is 1. The summed E-state index contributed by atoms with van der Waals surface area (Å²) in [5.41, 5.74) is 2.64. The van der Waals surface area contributed by atoms with E-state index in [0.29, 0.717) is 6.10 Å².